The second-order valence-corrected chi connectivity index (χ2v) is 5.99. The van der Waals surface area contributed by atoms with Crippen LogP contribution < -0.4 is 10.6 Å². The van der Waals surface area contributed by atoms with Gasteiger partial charge in [0.2, 0.25) is 5.91 Å². The lowest BCUT2D eigenvalue weighted by molar-refractivity contribution is -0.124. The summed E-state index contributed by atoms with van der Waals surface area (Å²) in [4.78, 5) is 21.0. The molecule has 1 unspecified atom stereocenters. The van der Waals surface area contributed by atoms with E-state index in [1.165, 1.54) is 0 Å². The Hall–Kier alpha value is -2.27. The number of rotatable bonds is 5. The summed E-state index contributed by atoms with van der Waals surface area (Å²) < 4.78 is 0. The number of carbonyl (C=O) groups is 1. The first-order chi connectivity index (χ1) is 10.5. The molecule has 1 amide bonds. The Morgan fingerprint density at radius 3 is 2.32 bits per heavy atom. The molecule has 0 aromatic carbocycles. The van der Waals surface area contributed by atoms with Crippen molar-refractivity contribution < 1.29 is 4.79 Å². The second kappa shape index (κ2) is 7.13. The van der Waals surface area contributed by atoms with Crippen LogP contribution in [0.4, 0.5) is 0 Å². The second-order valence-electron chi connectivity index (χ2n) is 5.99. The highest BCUT2D eigenvalue weighted by atomic mass is 16.2. The van der Waals surface area contributed by atoms with E-state index < -0.39 is 6.04 Å². The van der Waals surface area contributed by atoms with Crippen LogP contribution >= 0.6 is 0 Å². The van der Waals surface area contributed by atoms with Gasteiger partial charge in [0.1, 0.15) is 6.04 Å². The molecule has 5 heteroatoms. The van der Waals surface area contributed by atoms with Crippen molar-refractivity contribution in [1.29, 1.82) is 0 Å². The molecular formula is C17H21N4O. The predicted octanol–water partition coefficient (Wildman–Crippen LogP) is 2.23. The summed E-state index contributed by atoms with van der Waals surface area (Å²) in [6.07, 6.45) is 3.38. The molecule has 1 radical (unpaired) electrons. The van der Waals surface area contributed by atoms with Gasteiger partial charge in [-0.15, -0.1) is 0 Å². The fourth-order valence-corrected chi connectivity index (χ4v) is 1.91. The fraction of sp³-hybridized carbons (Fsp3) is 0.294. The first-order valence-electron chi connectivity index (χ1n) is 7.19. The zero-order valence-corrected chi connectivity index (χ0v) is 13.1. The fourth-order valence-electron chi connectivity index (χ4n) is 1.91. The minimum atomic E-state index is -0.567. The molecule has 0 aliphatic carbocycles. The molecular weight excluding hydrogens is 276 g/mol. The maximum atomic E-state index is 12.5. The molecule has 22 heavy (non-hydrogen) atoms. The monoisotopic (exact) mass is 297 g/mol. The number of hydrogen-bond donors (Lipinski definition) is 2. The largest absolute Gasteiger partial charge is 0.350 e. The van der Waals surface area contributed by atoms with E-state index in [2.05, 4.69) is 20.6 Å². The van der Waals surface area contributed by atoms with Gasteiger partial charge in [0.25, 0.3) is 0 Å². The SMILES string of the molecule is CC(C)(C)NC(=O)C(N[CH]c1ccccn1)c1ccccn1. The van der Waals surface area contributed by atoms with Gasteiger partial charge >= 0.3 is 0 Å². The molecule has 2 N–H and O–H groups in total. The Morgan fingerprint density at radius 1 is 1.09 bits per heavy atom. The summed E-state index contributed by atoms with van der Waals surface area (Å²) >= 11 is 0. The van der Waals surface area contributed by atoms with Crippen LogP contribution in [0.2, 0.25) is 0 Å². The molecule has 0 aliphatic rings. The van der Waals surface area contributed by atoms with Crippen LogP contribution in [-0.4, -0.2) is 21.4 Å². The van der Waals surface area contributed by atoms with Gasteiger partial charge < -0.3 is 5.32 Å². The summed E-state index contributed by atoms with van der Waals surface area (Å²) in [6.45, 7) is 7.57. The van der Waals surface area contributed by atoms with E-state index >= 15 is 0 Å². The van der Waals surface area contributed by atoms with Crippen molar-refractivity contribution in [3.63, 3.8) is 0 Å². The third-order valence-electron chi connectivity index (χ3n) is 2.83. The molecule has 115 valence electrons. The standard InChI is InChI=1S/C17H21N4O/c1-17(2,3)21-16(22)15(14-9-5-7-11-19-14)20-12-13-8-4-6-10-18-13/h4-12,15,20H,1-3H3,(H,21,22). The van der Waals surface area contributed by atoms with Gasteiger partial charge in [-0.3, -0.25) is 20.1 Å². The first-order valence-corrected chi connectivity index (χ1v) is 7.19. The Bertz CT molecular complexity index is 593. The summed E-state index contributed by atoms with van der Waals surface area (Å²) in [6, 6.07) is 10.6. The molecule has 0 bridgehead atoms. The number of amides is 1. The maximum absolute atomic E-state index is 12.5. The predicted molar refractivity (Wildman–Crippen MR) is 85.6 cm³/mol. The van der Waals surface area contributed by atoms with Gasteiger partial charge in [-0.1, -0.05) is 12.1 Å². The van der Waals surface area contributed by atoms with Crippen LogP contribution in [0.25, 0.3) is 0 Å². The Kier molecular flexibility index (Phi) is 5.22. The van der Waals surface area contributed by atoms with E-state index in [0.29, 0.717) is 5.69 Å². The molecule has 2 aromatic heterocycles. The van der Waals surface area contributed by atoms with Crippen LogP contribution in [-0.2, 0) is 4.79 Å². The number of hydrogen-bond acceptors (Lipinski definition) is 4. The summed E-state index contributed by atoms with van der Waals surface area (Å²) in [5, 5.41) is 6.08. The van der Waals surface area contributed by atoms with Crippen LogP contribution in [0.3, 0.4) is 0 Å². The van der Waals surface area contributed by atoms with Crippen LogP contribution in [0, 0.1) is 6.54 Å². The number of carbonyl (C=O) groups excluding carboxylic acids is 1. The lowest BCUT2D eigenvalue weighted by Crippen LogP contribution is -2.46. The lowest BCUT2D eigenvalue weighted by Gasteiger charge is -2.25. The minimum absolute atomic E-state index is 0.126. The summed E-state index contributed by atoms with van der Waals surface area (Å²) in [5.41, 5.74) is 1.11. The van der Waals surface area contributed by atoms with Crippen molar-refractivity contribution in [3.8, 4) is 0 Å². The van der Waals surface area contributed by atoms with Crippen LogP contribution in [0.15, 0.2) is 48.8 Å². The van der Waals surface area contributed by atoms with E-state index in [-0.39, 0.29) is 11.4 Å². The lowest BCUT2D eigenvalue weighted by atomic mass is 10.1. The highest BCUT2D eigenvalue weighted by molar-refractivity contribution is 5.83. The van der Waals surface area contributed by atoms with Gasteiger partial charge in [0, 0.05) is 17.9 Å². The quantitative estimate of drug-likeness (QED) is 0.888. The summed E-state index contributed by atoms with van der Waals surface area (Å²) in [5.74, 6) is -0.126. The van der Waals surface area contributed by atoms with E-state index in [0.717, 1.165) is 5.69 Å². The van der Waals surface area contributed by atoms with Crippen LogP contribution in [0.1, 0.15) is 38.2 Å². The Balaban J connectivity index is 2.13. The Morgan fingerprint density at radius 2 is 1.77 bits per heavy atom. The average Bonchev–Trinajstić information content (AvgIpc) is 2.48. The highest BCUT2D eigenvalue weighted by Gasteiger charge is 2.25. The number of nitrogens with zero attached hydrogens (tertiary/aromatic N) is 2. The van der Waals surface area contributed by atoms with E-state index in [1.54, 1.807) is 18.9 Å². The van der Waals surface area contributed by atoms with Gasteiger partial charge in [-0.05, 0) is 45.0 Å². The number of nitrogens with one attached hydrogen (secondary N) is 2. The van der Waals surface area contributed by atoms with Crippen molar-refractivity contribution >= 4 is 5.91 Å². The van der Waals surface area contributed by atoms with Gasteiger partial charge in [-0.2, -0.15) is 0 Å². The smallest absolute Gasteiger partial charge is 0.243 e. The maximum Gasteiger partial charge on any atom is 0.243 e. The van der Waals surface area contributed by atoms with E-state index in [1.807, 2.05) is 57.2 Å². The molecule has 0 spiro atoms. The highest BCUT2D eigenvalue weighted by Crippen LogP contribution is 2.13. The average molecular weight is 297 g/mol. The molecule has 0 saturated carbocycles. The molecule has 0 aliphatic heterocycles. The van der Waals surface area contributed by atoms with E-state index in [4.69, 9.17) is 0 Å². The molecule has 0 saturated heterocycles. The third-order valence-corrected chi connectivity index (χ3v) is 2.83. The Labute approximate surface area is 131 Å². The van der Waals surface area contributed by atoms with E-state index in [9.17, 15) is 4.79 Å². The minimum Gasteiger partial charge on any atom is -0.350 e. The zero-order valence-electron chi connectivity index (χ0n) is 13.1. The van der Waals surface area contributed by atoms with Crippen molar-refractivity contribution in [1.82, 2.24) is 20.6 Å². The molecule has 2 aromatic rings. The van der Waals surface area contributed by atoms with Crippen molar-refractivity contribution in [3.05, 3.63) is 66.7 Å². The van der Waals surface area contributed by atoms with Gasteiger partial charge in [0.15, 0.2) is 0 Å². The molecule has 2 rings (SSSR count). The molecule has 2 heterocycles. The molecule has 1 atom stereocenters. The topological polar surface area (TPSA) is 66.9 Å². The summed E-state index contributed by atoms with van der Waals surface area (Å²) in [7, 11) is 0. The third kappa shape index (κ3) is 4.93. The molecule has 0 fully saturated rings. The van der Waals surface area contributed by atoms with Gasteiger partial charge in [-0.25, -0.2) is 0 Å². The van der Waals surface area contributed by atoms with Gasteiger partial charge in [0.05, 0.1) is 17.9 Å². The first kappa shape index (κ1) is 16.1. The van der Waals surface area contributed by atoms with Crippen molar-refractivity contribution in [2.24, 2.45) is 0 Å². The van der Waals surface area contributed by atoms with Crippen LogP contribution in [0.5, 0.6) is 0 Å². The number of aromatic nitrogens is 2. The number of pyridine rings is 2. The molecule has 5 nitrogen and oxygen atoms in total. The van der Waals surface area contributed by atoms with Crippen molar-refractivity contribution in [2.45, 2.75) is 32.4 Å². The zero-order chi connectivity index (χ0) is 16.0. The van der Waals surface area contributed by atoms with Crippen molar-refractivity contribution in [2.75, 3.05) is 0 Å². The normalized spacial score (nSPS) is 12.7.